The van der Waals surface area contributed by atoms with E-state index in [4.69, 9.17) is 28.3 Å². The highest BCUT2D eigenvalue weighted by molar-refractivity contribution is 6.34. The molecule has 0 aliphatic rings. The maximum absolute atomic E-state index is 8.88. The number of hydrogen-bond donors (Lipinski definition) is 1. The molecule has 0 saturated carbocycles. The molecular weight excluding hydrogens is 183 g/mol. The molecule has 0 unspecified atom stereocenters. The molecule has 1 N–H and O–H groups in total. The molecule has 0 fully saturated rings. The maximum atomic E-state index is 8.88. The lowest BCUT2D eigenvalue weighted by molar-refractivity contribution is 0.281. The molecule has 60 valence electrons. The molecule has 0 heterocycles. The molecule has 0 radical (unpaired) electrons. The molecule has 0 spiro atoms. The molecule has 0 amide bonds. The molecule has 1 aromatic carbocycles. The number of halogens is 2. The van der Waals surface area contributed by atoms with E-state index in [1.165, 1.54) is 0 Å². The van der Waals surface area contributed by atoms with Gasteiger partial charge in [0, 0.05) is 15.6 Å². The van der Waals surface area contributed by atoms with Gasteiger partial charge in [0.15, 0.2) is 0 Å². The van der Waals surface area contributed by atoms with Crippen LogP contribution in [0.1, 0.15) is 11.1 Å². The third-order valence-electron chi connectivity index (χ3n) is 1.63. The fraction of sp³-hybridized carbons (Fsp3) is 0.250. The van der Waals surface area contributed by atoms with Gasteiger partial charge in [-0.2, -0.15) is 0 Å². The van der Waals surface area contributed by atoms with E-state index in [0.717, 1.165) is 5.56 Å². The summed E-state index contributed by atoms with van der Waals surface area (Å²) in [5.41, 5.74) is 1.56. The Morgan fingerprint density at radius 1 is 1.27 bits per heavy atom. The molecule has 0 aromatic heterocycles. The summed E-state index contributed by atoms with van der Waals surface area (Å²) in [6, 6.07) is 3.40. The van der Waals surface area contributed by atoms with E-state index in [-0.39, 0.29) is 6.61 Å². The molecule has 0 aliphatic carbocycles. The highest BCUT2D eigenvalue weighted by atomic mass is 35.5. The fourth-order valence-corrected chi connectivity index (χ4v) is 1.33. The zero-order chi connectivity index (χ0) is 8.43. The number of rotatable bonds is 1. The van der Waals surface area contributed by atoms with Crippen LogP contribution in [-0.2, 0) is 6.61 Å². The van der Waals surface area contributed by atoms with Gasteiger partial charge in [0.05, 0.1) is 6.61 Å². The van der Waals surface area contributed by atoms with Crippen LogP contribution in [0.3, 0.4) is 0 Å². The molecule has 0 saturated heterocycles. The average Bonchev–Trinajstić information content (AvgIpc) is 1.99. The molecular formula is C8H8Cl2O. The van der Waals surface area contributed by atoms with Gasteiger partial charge < -0.3 is 5.11 Å². The van der Waals surface area contributed by atoms with Gasteiger partial charge in [-0.15, -0.1) is 0 Å². The fourth-order valence-electron chi connectivity index (χ4n) is 0.889. The maximum Gasteiger partial charge on any atom is 0.0699 e. The van der Waals surface area contributed by atoms with Crippen LogP contribution in [0.15, 0.2) is 12.1 Å². The highest BCUT2D eigenvalue weighted by Gasteiger charge is 2.05. The lowest BCUT2D eigenvalue weighted by Crippen LogP contribution is -1.90. The molecule has 1 nitrogen and oxygen atoms in total. The summed E-state index contributed by atoms with van der Waals surface area (Å²) in [7, 11) is 0. The normalized spacial score (nSPS) is 10.2. The topological polar surface area (TPSA) is 20.2 Å². The van der Waals surface area contributed by atoms with Gasteiger partial charge in [-0.1, -0.05) is 23.2 Å². The second kappa shape index (κ2) is 3.44. The molecule has 0 aliphatic heterocycles. The van der Waals surface area contributed by atoms with Crippen molar-refractivity contribution in [1.29, 1.82) is 0 Å². The summed E-state index contributed by atoms with van der Waals surface area (Å²) in [6.45, 7) is 1.77. The molecule has 0 atom stereocenters. The van der Waals surface area contributed by atoms with Gasteiger partial charge in [-0.05, 0) is 24.6 Å². The Bertz CT molecular complexity index is 271. The first kappa shape index (κ1) is 8.85. The SMILES string of the molecule is Cc1c(Cl)ccc(Cl)c1CO. The van der Waals surface area contributed by atoms with E-state index < -0.39 is 0 Å². The van der Waals surface area contributed by atoms with Gasteiger partial charge in [0.2, 0.25) is 0 Å². The van der Waals surface area contributed by atoms with Crippen LogP contribution in [-0.4, -0.2) is 5.11 Å². The molecule has 1 rings (SSSR count). The van der Waals surface area contributed by atoms with Crippen molar-refractivity contribution in [3.63, 3.8) is 0 Å². The number of aliphatic hydroxyl groups excluding tert-OH is 1. The Labute approximate surface area is 75.6 Å². The summed E-state index contributed by atoms with van der Waals surface area (Å²) >= 11 is 11.6. The van der Waals surface area contributed by atoms with E-state index in [9.17, 15) is 0 Å². The third-order valence-corrected chi connectivity index (χ3v) is 2.40. The van der Waals surface area contributed by atoms with Crippen LogP contribution < -0.4 is 0 Å². The lowest BCUT2D eigenvalue weighted by Gasteiger charge is -2.05. The minimum absolute atomic E-state index is 0.0643. The van der Waals surface area contributed by atoms with Crippen LogP contribution in [0.2, 0.25) is 10.0 Å². The van der Waals surface area contributed by atoms with E-state index >= 15 is 0 Å². The van der Waals surface area contributed by atoms with E-state index in [1.807, 2.05) is 6.92 Å². The second-order valence-electron chi connectivity index (χ2n) is 2.29. The Kier molecular flexibility index (Phi) is 2.77. The van der Waals surface area contributed by atoms with E-state index in [1.54, 1.807) is 12.1 Å². The van der Waals surface area contributed by atoms with Gasteiger partial charge in [0.25, 0.3) is 0 Å². The predicted molar refractivity (Wildman–Crippen MR) is 47.1 cm³/mol. The first-order chi connectivity index (χ1) is 5.16. The van der Waals surface area contributed by atoms with Crippen molar-refractivity contribution < 1.29 is 5.11 Å². The van der Waals surface area contributed by atoms with Crippen molar-refractivity contribution >= 4 is 23.2 Å². The zero-order valence-corrected chi connectivity index (χ0v) is 7.58. The molecule has 3 heteroatoms. The summed E-state index contributed by atoms with van der Waals surface area (Å²) in [4.78, 5) is 0. The number of benzene rings is 1. The van der Waals surface area contributed by atoms with Crippen molar-refractivity contribution in [3.05, 3.63) is 33.3 Å². The lowest BCUT2D eigenvalue weighted by atomic mass is 10.1. The molecule has 1 aromatic rings. The van der Waals surface area contributed by atoms with Crippen LogP contribution >= 0.6 is 23.2 Å². The summed E-state index contributed by atoms with van der Waals surface area (Å²) in [5.74, 6) is 0. The Balaban J connectivity index is 3.29. The van der Waals surface area contributed by atoms with Crippen LogP contribution in [0, 0.1) is 6.92 Å². The largest absolute Gasteiger partial charge is 0.392 e. The number of aliphatic hydroxyl groups is 1. The summed E-state index contributed by atoms with van der Waals surface area (Å²) < 4.78 is 0. The summed E-state index contributed by atoms with van der Waals surface area (Å²) in [6.07, 6.45) is 0. The van der Waals surface area contributed by atoms with Gasteiger partial charge in [-0.3, -0.25) is 0 Å². The number of hydrogen-bond acceptors (Lipinski definition) is 1. The van der Waals surface area contributed by atoms with Crippen molar-refractivity contribution in [1.82, 2.24) is 0 Å². The first-order valence-corrected chi connectivity index (χ1v) is 3.96. The van der Waals surface area contributed by atoms with Crippen molar-refractivity contribution in [2.24, 2.45) is 0 Å². The Morgan fingerprint density at radius 2 is 1.82 bits per heavy atom. The monoisotopic (exact) mass is 190 g/mol. The minimum Gasteiger partial charge on any atom is -0.392 e. The second-order valence-corrected chi connectivity index (χ2v) is 3.11. The van der Waals surface area contributed by atoms with Crippen molar-refractivity contribution in [2.45, 2.75) is 13.5 Å². The molecule has 0 bridgehead atoms. The van der Waals surface area contributed by atoms with Crippen LogP contribution in [0.5, 0.6) is 0 Å². The van der Waals surface area contributed by atoms with Crippen LogP contribution in [0.4, 0.5) is 0 Å². The average molecular weight is 191 g/mol. The van der Waals surface area contributed by atoms with Gasteiger partial charge in [0.1, 0.15) is 0 Å². The van der Waals surface area contributed by atoms with Crippen molar-refractivity contribution in [2.75, 3.05) is 0 Å². The highest BCUT2D eigenvalue weighted by Crippen LogP contribution is 2.25. The minimum atomic E-state index is -0.0643. The first-order valence-electron chi connectivity index (χ1n) is 3.21. The van der Waals surface area contributed by atoms with Gasteiger partial charge in [-0.25, -0.2) is 0 Å². The standard InChI is InChI=1S/C8H8Cl2O/c1-5-6(4-11)8(10)3-2-7(5)9/h2-3,11H,4H2,1H3. The Morgan fingerprint density at radius 3 is 2.27 bits per heavy atom. The smallest absolute Gasteiger partial charge is 0.0699 e. The summed E-state index contributed by atoms with van der Waals surface area (Å²) in [5, 5.41) is 10.1. The van der Waals surface area contributed by atoms with E-state index in [2.05, 4.69) is 0 Å². The van der Waals surface area contributed by atoms with E-state index in [0.29, 0.717) is 15.6 Å². The van der Waals surface area contributed by atoms with Gasteiger partial charge >= 0.3 is 0 Å². The third kappa shape index (κ3) is 1.67. The quantitative estimate of drug-likeness (QED) is 0.723. The van der Waals surface area contributed by atoms with Crippen molar-refractivity contribution in [3.8, 4) is 0 Å². The van der Waals surface area contributed by atoms with Crippen LogP contribution in [0.25, 0.3) is 0 Å². The predicted octanol–water partition coefficient (Wildman–Crippen LogP) is 2.79. The Hall–Kier alpha value is -0.240. The molecule has 11 heavy (non-hydrogen) atoms. The zero-order valence-electron chi connectivity index (χ0n) is 6.06.